The minimum absolute atomic E-state index is 0.108. The molecule has 66 valence electrons. The summed E-state index contributed by atoms with van der Waals surface area (Å²) < 4.78 is 27.4. The van der Waals surface area contributed by atoms with Crippen molar-refractivity contribution in [2.24, 2.45) is 0 Å². The highest BCUT2D eigenvalue weighted by Crippen LogP contribution is 2.11. The molecule has 0 amide bonds. The number of hydrogen-bond donors (Lipinski definition) is 0. The Hall–Kier alpha value is -0.900. The van der Waals surface area contributed by atoms with Crippen molar-refractivity contribution in [1.82, 2.24) is 4.98 Å². The fraction of sp³-hybridized carbons (Fsp3) is 0.286. The van der Waals surface area contributed by atoms with Crippen LogP contribution in [0.5, 0.6) is 5.88 Å². The third kappa shape index (κ3) is 2.62. The van der Waals surface area contributed by atoms with E-state index in [0.29, 0.717) is 5.69 Å². The number of aromatic nitrogens is 1. The number of hydrogen-bond acceptors (Lipinski definition) is 2. The molecule has 2 nitrogen and oxygen atoms in total. The Kier molecular flexibility index (Phi) is 3.22. The van der Waals surface area contributed by atoms with Gasteiger partial charge in [-0.1, -0.05) is 6.07 Å². The summed E-state index contributed by atoms with van der Waals surface area (Å²) in [7, 11) is 0. The Morgan fingerprint density at radius 3 is 2.83 bits per heavy atom. The zero-order chi connectivity index (χ0) is 8.97. The molecule has 0 unspecified atom stereocenters. The number of rotatable bonds is 3. The van der Waals surface area contributed by atoms with E-state index in [1.54, 1.807) is 12.1 Å². The molecule has 12 heavy (non-hydrogen) atoms. The van der Waals surface area contributed by atoms with E-state index in [1.165, 1.54) is 6.07 Å². The SMILES string of the molecule is FC(F)Oc1cccc(CCl)n1. The largest absolute Gasteiger partial charge is 0.417 e. The lowest BCUT2D eigenvalue weighted by Gasteiger charge is -2.03. The maximum Gasteiger partial charge on any atom is 0.388 e. The van der Waals surface area contributed by atoms with Crippen LogP contribution in [0.3, 0.4) is 0 Å². The summed E-state index contributed by atoms with van der Waals surface area (Å²) in [5, 5.41) is 0. The van der Waals surface area contributed by atoms with Gasteiger partial charge in [-0.05, 0) is 6.07 Å². The fourth-order valence-electron chi connectivity index (χ4n) is 0.689. The summed E-state index contributed by atoms with van der Waals surface area (Å²) in [5.74, 6) is 0.0728. The van der Waals surface area contributed by atoms with Gasteiger partial charge in [-0.3, -0.25) is 0 Å². The number of nitrogens with zero attached hydrogens (tertiary/aromatic N) is 1. The van der Waals surface area contributed by atoms with Gasteiger partial charge in [-0.2, -0.15) is 8.78 Å². The van der Waals surface area contributed by atoms with Crippen LogP contribution in [0.25, 0.3) is 0 Å². The van der Waals surface area contributed by atoms with Gasteiger partial charge < -0.3 is 4.74 Å². The number of alkyl halides is 3. The molecule has 0 aliphatic carbocycles. The van der Waals surface area contributed by atoms with Crippen LogP contribution in [-0.2, 0) is 5.88 Å². The summed E-state index contributed by atoms with van der Waals surface area (Å²) >= 11 is 5.43. The third-order valence-corrected chi connectivity index (χ3v) is 1.40. The van der Waals surface area contributed by atoms with Crippen molar-refractivity contribution < 1.29 is 13.5 Å². The normalized spacial score (nSPS) is 10.3. The average Bonchev–Trinajstić information content (AvgIpc) is 2.03. The van der Waals surface area contributed by atoms with Gasteiger partial charge in [0.25, 0.3) is 0 Å². The van der Waals surface area contributed by atoms with Crippen LogP contribution in [0.1, 0.15) is 5.69 Å². The van der Waals surface area contributed by atoms with Crippen LogP contribution in [0, 0.1) is 0 Å². The number of halogens is 3. The van der Waals surface area contributed by atoms with Gasteiger partial charge in [0, 0.05) is 6.07 Å². The molecule has 1 aromatic heterocycles. The highest BCUT2D eigenvalue weighted by molar-refractivity contribution is 6.16. The second kappa shape index (κ2) is 4.21. The topological polar surface area (TPSA) is 22.1 Å². The molecule has 1 heterocycles. The Labute approximate surface area is 73.1 Å². The molecule has 1 rings (SSSR count). The van der Waals surface area contributed by atoms with Gasteiger partial charge in [-0.25, -0.2) is 4.98 Å². The van der Waals surface area contributed by atoms with Gasteiger partial charge in [-0.15, -0.1) is 11.6 Å². The molecule has 0 N–H and O–H groups in total. The van der Waals surface area contributed by atoms with Crippen LogP contribution in [0.2, 0.25) is 0 Å². The van der Waals surface area contributed by atoms with E-state index in [4.69, 9.17) is 11.6 Å². The van der Waals surface area contributed by atoms with Crippen molar-refractivity contribution in [3.63, 3.8) is 0 Å². The predicted molar refractivity (Wildman–Crippen MR) is 40.4 cm³/mol. The van der Waals surface area contributed by atoms with Gasteiger partial charge in [0.15, 0.2) is 0 Å². The molecular weight excluding hydrogens is 188 g/mol. The first kappa shape index (κ1) is 9.19. The maximum atomic E-state index is 11.7. The van der Waals surface area contributed by atoms with Crippen molar-refractivity contribution in [2.45, 2.75) is 12.5 Å². The van der Waals surface area contributed by atoms with E-state index in [9.17, 15) is 8.78 Å². The summed E-state index contributed by atoms with van der Waals surface area (Å²) in [6, 6.07) is 4.54. The van der Waals surface area contributed by atoms with Crippen LogP contribution in [0.4, 0.5) is 8.78 Å². The van der Waals surface area contributed by atoms with E-state index >= 15 is 0 Å². The van der Waals surface area contributed by atoms with Gasteiger partial charge in [0.1, 0.15) is 0 Å². The second-order valence-corrected chi connectivity index (χ2v) is 2.25. The standard InChI is InChI=1S/C7H6ClF2NO/c8-4-5-2-1-3-6(11-5)12-7(9)10/h1-3,7H,4H2. The first-order chi connectivity index (χ1) is 5.72. The highest BCUT2D eigenvalue weighted by Gasteiger charge is 2.04. The van der Waals surface area contributed by atoms with Gasteiger partial charge in [0.05, 0.1) is 11.6 Å². The van der Waals surface area contributed by atoms with Crippen molar-refractivity contribution >= 4 is 11.6 Å². The predicted octanol–water partition coefficient (Wildman–Crippen LogP) is 2.42. The van der Waals surface area contributed by atoms with Crippen molar-refractivity contribution in [3.05, 3.63) is 23.9 Å². The third-order valence-electron chi connectivity index (χ3n) is 1.13. The molecule has 0 fully saturated rings. The van der Waals surface area contributed by atoms with E-state index < -0.39 is 6.61 Å². The van der Waals surface area contributed by atoms with Gasteiger partial charge >= 0.3 is 6.61 Å². The summed E-state index contributed by atoms with van der Waals surface area (Å²) in [5.41, 5.74) is 0.509. The van der Waals surface area contributed by atoms with E-state index in [2.05, 4.69) is 9.72 Å². The molecule has 0 aliphatic rings. The molecule has 0 aliphatic heterocycles. The maximum absolute atomic E-state index is 11.7. The zero-order valence-electron chi connectivity index (χ0n) is 6.01. The molecule has 0 saturated heterocycles. The molecule has 0 saturated carbocycles. The number of ether oxygens (including phenoxy) is 1. The molecule has 0 spiro atoms. The number of pyridine rings is 1. The summed E-state index contributed by atoms with van der Waals surface area (Å²) in [4.78, 5) is 3.70. The molecule has 1 aromatic rings. The van der Waals surface area contributed by atoms with Gasteiger partial charge in [0.2, 0.25) is 5.88 Å². The van der Waals surface area contributed by atoms with Crippen LogP contribution in [0.15, 0.2) is 18.2 Å². The Morgan fingerprint density at radius 2 is 2.25 bits per heavy atom. The molecule has 0 radical (unpaired) electrons. The minimum Gasteiger partial charge on any atom is -0.417 e. The smallest absolute Gasteiger partial charge is 0.388 e. The lowest BCUT2D eigenvalue weighted by atomic mass is 10.4. The van der Waals surface area contributed by atoms with Crippen LogP contribution >= 0.6 is 11.6 Å². The minimum atomic E-state index is -2.84. The van der Waals surface area contributed by atoms with E-state index in [1.807, 2.05) is 0 Å². The van der Waals surface area contributed by atoms with Crippen LogP contribution < -0.4 is 4.74 Å². The van der Waals surface area contributed by atoms with E-state index in [0.717, 1.165) is 0 Å². The van der Waals surface area contributed by atoms with Crippen molar-refractivity contribution in [2.75, 3.05) is 0 Å². The van der Waals surface area contributed by atoms with E-state index in [-0.39, 0.29) is 11.8 Å². The molecule has 0 atom stereocenters. The summed E-state index contributed by atoms with van der Waals surface area (Å²) in [6.07, 6.45) is 0. The second-order valence-electron chi connectivity index (χ2n) is 1.98. The first-order valence-electron chi connectivity index (χ1n) is 3.19. The lowest BCUT2D eigenvalue weighted by molar-refractivity contribution is -0.0529. The molecule has 5 heteroatoms. The Bertz CT molecular complexity index is 257. The zero-order valence-corrected chi connectivity index (χ0v) is 6.76. The van der Waals surface area contributed by atoms with Crippen molar-refractivity contribution in [1.29, 1.82) is 0 Å². The molecule has 0 bridgehead atoms. The lowest BCUT2D eigenvalue weighted by Crippen LogP contribution is -2.03. The monoisotopic (exact) mass is 193 g/mol. The first-order valence-corrected chi connectivity index (χ1v) is 3.72. The fourth-order valence-corrected chi connectivity index (χ4v) is 0.838. The van der Waals surface area contributed by atoms with Crippen LogP contribution in [-0.4, -0.2) is 11.6 Å². The highest BCUT2D eigenvalue weighted by atomic mass is 35.5. The summed E-state index contributed by atoms with van der Waals surface area (Å²) in [6.45, 7) is -2.84. The Balaban J connectivity index is 2.72. The van der Waals surface area contributed by atoms with Crippen molar-refractivity contribution in [3.8, 4) is 5.88 Å². The Morgan fingerprint density at radius 1 is 1.50 bits per heavy atom. The molecule has 0 aromatic carbocycles. The molecular formula is C7H6ClF2NO. The quantitative estimate of drug-likeness (QED) is 0.688. The average molecular weight is 194 g/mol.